The van der Waals surface area contributed by atoms with Gasteiger partial charge in [0.25, 0.3) is 0 Å². The Kier molecular flexibility index (Phi) is 3.54. The first-order chi connectivity index (χ1) is 8.28. The van der Waals surface area contributed by atoms with Crippen molar-refractivity contribution in [1.29, 1.82) is 0 Å². The molecule has 1 N–H and O–H groups in total. The highest BCUT2D eigenvalue weighted by Crippen LogP contribution is 2.13. The van der Waals surface area contributed by atoms with Crippen molar-refractivity contribution in [3.63, 3.8) is 0 Å². The van der Waals surface area contributed by atoms with Gasteiger partial charge in [0, 0.05) is 24.5 Å². The van der Waals surface area contributed by atoms with Crippen LogP contribution in [0.5, 0.6) is 0 Å². The third kappa shape index (κ3) is 2.36. The Hall–Kier alpha value is -1.68. The summed E-state index contributed by atoms with van der Waals surface area (Å²) in [5, 5.41) is 9.25. The first kappa shape index (κ1) is 11.8. The zero-order valence-corrected chi connectivity index (χ0v) is 10.2. The van der Waals surface area contributed by atoms with Crippen molar-refractivity contribution < 1.29 is 5.11 Å². The molecule has 2 aromatic rings. The van der Waals surface area contributed by atoms with E-state index in [2.05, 4.69) is 23.8 Å². The summed E-state index contributed by atoms with van der Waals surface area (Å²) in [6, 6.07) is 3.84. The second-order valence-electron chi connectivity index (χ2n) is 3.90. The number of rotatable bonds is 4. The second-order valence-corrected chi connectivity index (χ2v) is 3.90. The lowest BCUT2D eigenvalue weighted by Crippen LogP contribution is -2.04. The minimum absolute atomic E-state index is 0.0404. The number of imidazole rings is 1. The van der Waals surface area contributed by atoms with Gasteiger partial charge in [-0.3, -0.25) is 4.57 Å². The molecule has 0 bridgehead atoms. The number of hydrogen-bond acceptors (Lipinski definition) is 3. The first-order valence-electron chi connectivity index (χ1n) is 5.91. The lowest BCUT2D eigenvalue weighted by atomic mass is 10.2. The summed E-state index contributed by atoms with van der Waals surface area (Å²) in [6.45, 7) is 4.16. The highest BCUT2D eigenvalue weighted by Gasteiger charge is 2.07. The van der Waals surface area contributed by atoms with Crippen LogP contribution in [0.3, 0.4) is 0 Å². The van der Waals surface area contributed by atoms with Gasteiger partial charge in [0.1, 0.15) is 11.6 Å². The molecular formula is C13H17N3O. The van der Waals surface area contributed by atoms with E-state index in [0.29, 0.717) is 0 Å². The molecule has 0 unspecified atom stereocenters. The van der Waals surface area contributed by atoms with E-state index in [1.807, 2.05) is 22.9 Å². The number of aromatic nitrogens is 3. The molecule has 2 aromatic heterocycles. The van der Waals surface area contributed by atoms with Crippen LogP contribution < -0.4 is 0 Å². The Morgan fingerprint density at radius 1 is 1.24 bits per heavy atom. The van der Waals surface area contributed by atoms with Gasteiger partial charge in [-0.2, -0.15) is 0 Å². The average molecular weight is 231 g/mol. The lowest BCUT2D eigenvalue weighted by Gasteiger charge is -2.09. The van der Waals surface area contributed by atoms with Gasteiger partial charge in [-0.15, -0.1) is 0 Å². The molecule has 0 aliphatic carbocycles. The van der Waals surface area contributed by atoms with E-state index >= 15 is 0 Å². The van der Waals surface area contributed by atoms with Crippen molar-refractivity contribution in [2.75, 3.05) is 0 Å². The van der Waals surface area contributed by atoms with Crippen molar-refractivity contribution in [2.45, 2.75) is 33.3 Å². The van der Waals surface area contributed by atoms with E-state index in [1.54, 1.807) is 6.20 Å². The van der Waals surface area contributed by atoms with E-state index in [1.165, 1.54) is 0 Å². The van der Waals surface area contributed by atoms with E-state index in [4.69, 9.17) is 0 Å². The molecule has 0 spiro atoms. The van der Waals surface area contributed by atoms with Crippen molar-refractivity contribution >= 4 is 0 Å². The standard InChI is InChI=1S/C13H17N3O/c1-3-11-7-10(9-17)8-13(15-11)16-6-5-14-12(16)4-2/h5-8,17H,3-4,9H2,1-2H3. The minimum Gasteiger partial charge on any atom is -0.392 e. The molecule has 2 rings (SSSR count). The molecule has 2 heterocycles. The van der Waals surface area contributed by atoms with Gasteiger partial charge in [-0.25, -0.2) is 9.97 Å². The lowest BCUT2D eigenvalue weighted by molar-refractivity contribution is 0.281. The molecule has 0 fully saturated rings. The fourth-order valence-corrected chi connectivity index (χ4v) is 1.83. The van der Waals surface area contributed by atoms with Gasteiger partial charge in [0.05, 0.1) is 6.61 Å². The molecule has 90 valence electrons. The first-order valence-corrected chi connectivity index (χ1v) is 5.91. The van der Waals surface area contributed by atoms with Crippen LogP contribution in [0.15, 0.2) is 24.5 Å². The second kappa shape index (κ2) is 5.10. The maximum absolute atomic E-state index is 9.25. The predicted molar refractivity (Wildman–Crippen MR) is 66.0 cm³/mol. The van der Waals surface area contributed by atoms with Crippen LogP contribution in [0.25, 0.3) is 5.82 Å². The minimum atomic E-state index is 0.0404. The Labute approximate surface area is 101 Å². The Morgan fingerprint density at radius 3 is 2.71 bits per heavy atom. The largest absolute Gasteiger partial charge is 0.392 e. The summed E-state index contributed by atoms with van der Waals surface area (Å²) in [6.07, 6.45) is 5.40. The SMILES string of the molecule is CCc1cc(CO)cc(-n2ccnc2CC)n1. The van der Waals surface area contributed by atoms with E-state index in [0.717, 1.165) is 35.7 Å². The smallest absolute Gasteiger partial charge is 0.138 e. The quantitative estimate of drug-likeness (QED) is 0.874. The van der Waals surface area contributed by atoms with Gasteiger partial charge in [0.15, 0.2) is 0 Å². The fraction of sp³-hybridized carbons (Fsp3) is 0.385. The molecule has 0 aromatic carbocycles. The van der Waals surface area contributed by atoms with Gasteiger partial charge >= 0.3 is 0 Å². The van der Waals surface area contributed by atoms with Gasteiger partial charge in [-0.05, 0) is 24.1 Å². The normalized spacial score (nSPS) is 10.8. The number of aliphatic hydroxyl groups excluding tert-OH is 1. The molecule has 0 saturated carbocycles. The van der Waals surface area contributed by atoms with Crippen molar-refractivity contribution in [2.24, 2.45) is 0 Å². The Morgan fingerprint density at radius 2 is 2.06 bits per heavy atom. The Bertz CT molecular complexity index is 483. The van der Waals surface area contributed by atoms with Crippen LogP contribution in [0.4, 0.5) is 0 Å². The molecular weight excluding hydrogens is 214 g/mol. The van der Waals surface area contributed by atoms with Gasteiger partial charge < -0.3 is 5.11 Å². The van der Waals surface area contributed by atoms with Crippen LogP contribution in [0, 0.1) is 0 Å². The molecule has 0 radical (unpaired) electrons. The number of hydrogen-bond donors (Lipinski definition) is 1. The van der Waals surface area contributed by atoms with Crippen molar-refractivity contribution in [3.8, 4) is 5.82 Å². The molecule has 4 heteroatoms. The highest BCUT2D eigenvalue weighted by molar-refractivity contribution is 5.32. The molecule has 0 aliphatic heterocycles. The maximum Gasteiger partial charge on any atom is 0.138 e. The zero-order chi connectivity index (χ0) is 12.3. The average Bonchev–Trinajstić information content (AvgIpc) is 2.86. The molecule has 0 aliphatic rings. The molecule has 17 heavy (non-hydrogen) atoms. The number of pyridine rings is 1. The summed E-state index contributed by atoms with van der Waals surface area (Å²) in [4.78, 5) is 8.85. The number of aryl methyl sites for hydroxylation is 2. The van der Waals surface area contributed by atoms with Crippen LogP contribution in [0.2, 0.25) is 0 Å². The summed E-state index contributed by atoms with van der Waals surface area (Å²) >= 11 is 0. The van der Waals surface area contributed by atoms with Crippen LogP contribution in [0.1, 0.15) is 30.9 Å². The maximum atomic E-state index is 9.25. The summed E-state index contributed by atoms with van der Waals surface area (Å²) < 4.78 is 1.97. The molecule has 0 atom stereocenters. The van der Waals surface area contributed by atoms with E-state index in [-0.39, 0.29) is 6.61 Å². The van der Waals surface area contributed by atoms with Crippen LogP contribution >= 0.6 is 0 Å². The van der Waals surface area contributed by atoms with Crippen molar-refractivity contribution in [1.82, 2.24) is 14.5 Å². The molecule has 0 saturated heterocycles. The zero-order valence-electron chi connectivity index (χ0n) is 10.2. The van der Waals surface area contributed by atoms with Crippen LogP contribution in [-0.2, 0) is 19.4 Å². The Balaban J connectivity index is 2.51. The monoisotopic (exact) mass is 231 g/mol. The predicted octanol–water partition coefficient (Wildman–Crippen LogP) is 1.88. The van der Waals surface area contributed by atoms with Crippen molar-refractivity contribution in [3.05, 3.63) is 41.6 Å². The summed E-state index contributed by atoms with van der Waals surface area (Å²) in [5.41, 5.74) is 1.88. The van der Waals surface area contributed by atoms with E-state index < -0.39 is 0 Å². The highest BCUT2D eigenvalue weighted by atomic mass is 16.3. The van der Waals surface area contributed by atoms with Gasteiger partial charge in [0.2, 0.25) is 0 Å². The summed E-state index contributed by atoms with van der Waals surface area (Å²) in [5.74, 6) is 1.82. The third-order valence-electron chi connectivity index (χ3n) is 2.75. The third-order valence-corrected chi connectivity index (χ3v) is 2.75. The fourth-order valence-electron chi connectivity index (χ4n) is 1.83. The number of nitrogens with zero attached hydrogens (tertiary/aromatic N) is 3. The topological polar surface area (TPSA) is 50.9 Å². The molecule has 0 amide bonds. The van der Waals surface area contributed by atoms with Crippen LogP contribution in [-0.4, -0.2) is 19.6 Å². The summed E-state index contributed by atoms with van der Waals surface area (Å²) in [7, 11) is 0. The number of aliphatic hydroxyl groups is 1. The van der Waals surface area contributed by atoms with E-state index in [9.17, 15) is 5.11 Å². The van der Waals surface area contributed by atoms with Gasteiger partial charge in [-0.1, -0.05) is 13.8 Å². The molecule has 4 nitrogen and oxygen atoms in total.